The number of hydrogen-bond acceptors (Lipinski definition) is 6. The molecule has 3 rings (SSSR count). The summed E-state index contributed by atoms with van der Waals surface area (Å²) in [4.78, 5) is 24.1. The minimum absolute atomic E-state index is 0.0392. The summed E-state index contributed by atoms with van der Waals surface area (Å²) in [5, 5.41) is 10.9. The van der Waals surface area contributed by atoms with Gasteiger partial charge in [0.05, 0.1) is 19.4 Å². The fraction of sp³-hybridized carbons (Fsp3) is 0.200. The van der Waals surface area contributed by atoms with Crippen molar-refractivity contribution in [2.45, 2.75) is 13.5 Å². The summed E-state index contributed by atoms with van der Waals surface area (Å²) in [6.07, 6.45) is 0. The van der Waals surface area contributed by atoms with Gasteiger partial charge in [0, 0.05) is 18.4 Å². The molecule has 0 aliphatic carbocycles. The number of nitrogens with zero attached hydrogens (tertiary/aromatic N) is 3. The first-order valence-electron chi connectivity index (χ1n) is 8.53. The van der Waals surface area contributed by atoms with Crippen molar-refractivity contribution in [3.8, 4) is 11.4 Å². The second-order valence-electron chi connectivity index (χ2n) is 6.02. The summed E-state index contributed by atoms with van der Waals surface area (Å²) >= 11 is 0. The van der Waals surface area contributed by atoms with Crippen molar-refractivity contribution in [2.75, 3.05) is 19.5 Å². The maximum Gasteiger partial charge on any atom is 0.278 e. The fourth-order valence-electron chi connectivity index (χ4n) is 2.65. The Hall–Kier alpha value is -3.52. The number of ether oxygens (including phenoxy) is 2. The van der Waals surface area contributed by atoms with Crippen molar-refractivity contribution in [3.63, 3.8) is 0 Å². The number of benzene rings is 2. The number of methoxy groups -OCH3 is 2. The maximum absolute atomic E-state index is 12.7. The Morgan fingerprint density at radius 1 is 1.04 bits per heavy atom. The smallest absolute Gasteiger partial charge is 0.278 e. The van der Waals surface area contributed by atoms with Crippen LogP contribution in [0, 0.1) is 0 Å². The molecule has 0 spiro atoms. The maximum atomic E-state index is 12.7. The standard InChI is InChI=1S/C20H20N4O4/c1-13(25)14-4-6-15(7-5-14)21-20(26)19-18(12-27-2)24(23-22-19)16-8-10-17(28-3)11-9-16/h4-11H,12H2,1-3H3,(H,21,26). The van der Waals surface area contributed by atoms with Gasteiger partial charge in [-0.05, 0) is 55.5 Å². The number of Topliss-reactive ketones (excluding diaryl/α,β-unsaturated/α-hetero) is 1. The number of rotatable bonds is 7. The number of carbonyl (C=O) groups excluding carboxylic acids is 2. The lowest BCUT2D eigenvalue weighted by molar-refractivity contribution is 0.101. The van der Waals surface area contributed by atoms with Gasteiger partial charge in [-0.3, -0.25) is 9.59 Å². The van der Waals surface area contributed by atoms with E-state index in [4.69, 9.17) is 9.47 Å². The van der Waals surface area contributed by atoms with Crippen molar-refractivity contribution in [1.29, 1.82) is 0 Å². The van der Waals surface area contributed by atoms with E-state index in [1.807, 2.05) is 12.1 Å². The number of anilines is 1. The number of nitrogens with one attached hydrogen (secondary N) is 1. The Kier molecular flexibility index (Phi) is 5.81. The van der Waals surface area contributed by atoms with E-state index in [2.05, 4.69) is 15.6 Å². The van der Waals surface area contributed by atoms with Crippen LogP contribution in [-0.4, -0.2) is 40.9 Å². The Balaban J connectivity index is 1.87. The quantitative estimate of drug-likeness (QED) is 0.633. The van der Waals surface area contributed by atoms with E-state index in [1.54, 1.807) is 48.2 Å². The average Bonchev–Trinajstić information content (AvgIpc) is 3.12. The second-order valence-corrected chi connectivity index (χ2v) is 6.02. The zero-order chi connectivity index (χ0) is 20.1. The zero-order valence-corrected chi connectivity index (χ0v) is 15.8. The minimum atomic E-state index is -0.414. The average molecular weight is 380 g/mol. The number of amides is 1. The molecular weight excluding hydrogens is 360 g/mol. The largest absolute Gasteiger partial charge is 0.497 e. The molecule has 0 aliphatic heterocycles. The van der Waals surface area contributed by atoms with Crippen LogP contribution >= 0.6 is 0 Å². The molecule has 8 heteroatoms. The molecule has 0 atom stereocenters. The van der Waals surface area contributed by atoms with E-state index in [1.165, 1.54) is 14.0 Å². The lowest BCUT2D eigenvalue weighted by Crippen LogP contribution is -2.16. The zero-order valence-electron chi connectivity index (χ0n) is 15.8. The number of hydrogen-bond donors (Lipinski definition) is 1. The first-order chi connectivity index (χ1) is 13.5. The van der Waals surface area contributed by atoms with Gasteiger partial charge in [-0.15, -0.1) is 5.10 Å². The predicted octanol–water partition coefficient (Wildman–Crippen LogP) is 2.88. The lowest BCUT2D eigenvalue weighted by atomic mass is 10.1. The predicted molar refractivity (Wildman–Crippen MR) is 103 cm³/mol. The highest BCUT2D eigenvalue weighted by Crippen LogP contribution is 2.19. The molecule has 0 radical (unpaired) electrons. The van der Waals surface area contributed by atoms with E-state index in [9.17, 15) is 9.59 Å². The normalized spacial score (nSPS) is 10.5. The number of ketones is 1. The van der Waals surface area contributed by atoms with Crippen molar-refractivity contribution in [3.05, 3.63) is 65.5 Å². The van der Waals surface area contributed by atoms with Gasteiger partial charge >= 0.3 is 0 Å². The molecule has 0 bridgehead atoms. The SMILES string of the molecule is COCc1c(C(=O)Nc2ccc(C(C)=O)cc2)nnn1-c1ccc(OC)cc1. The molecule has 0 saturated heterocycles. The van der Waals surface area contributed by atoms with E-state index in [0.29, 0.717) is 22.7 Å². The number of carbonyl (C=O) groups is 2. The van der Waals surface area contributed by atoms with Gasteiger partial charge < -0.3 is 14.8 Å². The van der Waals surface area contributed by atoms with Gasteiger partial charge in [0.15, 0.2) is 11.5 Å². The molecule has 1 aromatic heterocycles. The summed E-state index contributed by atoms with van der Waals surface area (Å²) < 4.78 is 11.9. The summed E-state index contributed by atoms with van der Waals surface area (Å²) in [7, 11) is 3.12. The van der Waals surface area contributed by atoms with E-state index >= 15 is 0 Å². The molecule has 0 saturated carbocycles. The summed E-state index contributed by atoms with van der Waals surface area (Å²) in [5.74, 6) is 0.259. The molecule has 1 N–H and O–H groups in total. The van der Waals surface area contributed by atoms with Gasteiger partial charge in [-0.25, -0.2) is 4.68 Å². The van der Waals surface area contributed by atoms with Crippen LogP contribution in [0.3, 0.4) is 0 Å². The summed E-state index contributed by atoms with van der Waals surface area (Å²) in [5.41, 5.74) is 2.53. The van der Waals surface area contributed by atoms with Crippen LogP contribution in [0.5, 0.6) is 5.75 Å². The topological polar surface area (TPSA) is 95.3 Å². The van der Waals surface area contributed by atoms with Gasteiger partial charge in [0.2, 0.25) is 0 Å². The number of aromatic nitrogens is 3. The third-order valence-corrected chi connectivity index (χ3v) is 4.13. The fourth-order valence-corrected chi connectivity index (χ4v) is 2.65. The molecule has 144 valence electrons. The highest BCUT2D eigenvalue weighted by molar-refractivity contribution is 6.04. The van der Waals surface area contributed by atoms with Gasteiger partial charge in [0.25, 0.3) is 5.91 Å². The van der Waals surface area contributed by atoms with Crippen molar-refractivity contribution in [1.82, 2.24) is 15.0 Å². The monoisotopic (exact) mass is 380 g/mol. The highest BCUT2D eigenvalue weighted by atomic mass is 16.5. The second kappa shape index (κ2) is 8.45. The Bertz CT molecular complexity index is 978. The van der Waals surface area contributed by atoms with E-state index in [0.717, 1.165) is 5.69 Å². The van der Waals surface area contributed by atoms with Crippen LogP contribution < -0.4 is 10.1 Å². The minimum Gasteiger partial charge on any atom is -0.497 e. The highest BCUT2D eigenvalue weighted by Gasteiger charge is 2.21. The van der Waals surface area contributed by atoms with Crippen molar-refractivity contribution >= 4 is 17.4 Å². The molecule has 8 nitrogen and oxygen atoms in total. The Morgan fingerprint density at radius 2 is 1.71 bits per heavy atom. The van der Waals surface area contributed by atoms with Crippen LogP contribution in [0.15, 0.2) is 48.5 Å². The van der Waals surface area contributed by atoms with Crippen LogP contribution in [-0.2, 0) is 11.3 Å². The van der Waals surface area contributed by atoms with Gasteiger partial charge in [0.1, 0.15) is 11.4 Å². The molecule has 3 aromatic rings. The molecule has 0 fully saturated rings. The molecular formula is C20H20N4O4. The third-order valence-electron chi connectivity index (χ3n) is 4.13. The van der Waals surface area contributed by atoms with Crippen LogP contribution in [0.25, 0.3) is 5.69 Å². The Labute approximate surface area is 162 Å². The molecule has 0 aliphatic rings. The summed E-state index contributed by atoms with van der Waals surface area (Å²) in [6.45, 7) is 1.65. The third kappa shape index (κ3) is 4.07. The first kappa shape index (κ1) is 19.2. The van der Waals surface area contributed by atoms with Crippen LogP contribution in [0.4, 0.5) is 5.69 Å². The molecule has 2 aromatic carbocycles. The van der Waals surface area contributed by atoms with E-state index < -0.39 is 5.91 Å². The molecule has 28 heavy (non-hydrogen) atoms. The Morgan fingerprint density at radius 3 is 2.29 bits per heavy atom. The molecule has 1 amide bonds. The molecule has 0 unspecified atom stereocenters. The lowest BCUT2D eigenvalue weighted by Gasteiger charge is -2.09. The summed E-state index contributed by atoms with van der Waals surface area (Å²) in [6, 6.07) is 13.9. The van der Waals surface area contributed by atoms with E-state index in [-0.39, 0.29) is 18.1 Å². The van der Waals surface area contributed by atoms with Crippen molar-refractivity contribution < 1.29 is 19.1 Å². The first-order valence-corrected chi connectivity index (χ1v) is 8.53. The van der Waals surface area contributed by atoms with Crippen LogP contribution in [0.2, 0.25) is 0 Å². The van der Waals surface area contributed by atoms with Crippen molar-refractivity contribution in [2.24, 2.45) is 0 Å². The molecule has 1 heterocycles. The van der Waals surface area contributed by atoms with Gasteiger partial charge in [-0.2, -0.15) is 0 Å². The van der Waals surface area contributed by atoms with Gasteiger partial charge in [-0.1, -0.05) is 5.21 Å². The van der Waals surface area contributed by atoms with Crippen LogP contribution in [0.1, 0.15) is 33.5 Å².